The molecule has 1 amide bonds. The Labute approximate surface area is 128 Å². The van der Waals surface area contributed by atoms with Crippen molar-refractivity contribution in [2.24, 2.45) is 5.41 Å². The molecule has 0 bridgehead atoms. The van der Waals surface area contributed by atoms with E-state index in [1.54, 1.807) is 6.07 Å². The van der Waals surface area contributed by atoms with Crippen LogP contribution in [0.5, 0.6) is 0 Å². The third kappa shape index (κ3) is 5.16. The Bertz CT molecular complexity index is 454. The molecule has 1 rings (SSSR count). The fraction of sp³-hybridized carbons (Fsp3) is 0.750. The summed E-state index contributed by atoms with van der Waals surface area (Å²) in [5.74, 6) is 0.562. The molecule has 1 aromatic heterocycles. The van der Waals surface area contributed by atoms with E-state index in [2.05, 4.69) is 43.2 Å². The van der Waals surface area contributed by atoms with Crippen LogP contribution in [0.1, 0.15) is 57.3 Å². The molecule has 120 valence electrons. The highest BCUT2D eigenvalue weighted by atomic mass is 16.5. The van der Waals surface area contributed by atoms with Crippen LogP contribution in [0.3, 0.4) is 0 Å². The maximum Gasteiger partial charge on any atom is 0.273 e. The van der Waals surface area contributed by atoms with Gasteiger partial charge in [-0.2, -0.15) is 0 Å². The minimum absolute atomic E-state index is 0.0170. The molecule has 1 heterocycles. The maximum atomic E-state index is 12.2. The second-order valence-electron chi connectivity index (χ2n) is 6.45. The lowest BCUT2D eigenvalue weighted by Crippen LogP contribution is -2.48. The molecule has 5 heteroatoms. The van der Waals surface area contributed by atoms with Crippen molar-refractivity contribution in [1.29, 1.82) is 0 Å². The zero-order valence-electron chi connectivity index (χ0n) is 14.2. The molecule has 21 heavy (non-hydrogen) atoms. The highest BCUT2D eigenvalue weighted by Crippen LogP contribution is 2.22. The van der Waals surface area contributed by atoms with Crippen molar-refractivity contribution in [2.45, 2.75) is 53.5 Å². The van der Waals surface area contributed by atoms with E-state index >= 15 is 0 Å². The van der Waals surface area contributed by atoms with Crippen LogP contribution in [-0.4, -0.2) is 42.1 Å². The average Bonchev–Trinajstić information content (AvgIpc) is 2.86. The fourth-order valence-corrected chi connectivity index (χ4v) is 2.35. The molecule has 0 radical (unpaired) electrons. The van der Waals surface area contributed by atoms with Crippen molar-refractivity contribution < 1.29 is 9.32 Å². The smallest absolute Gasteiger partial charge is 0.273 e. The van der Waals surface area contributed by atoms with E-state index in [-0.39, 0.29) is 17.4 Å². The van der Waals surface area contributed by atoms with Crippen LogP contribution in [0.15, 0.2) is 10.6 Å². The molecule has 0 aromatic carbocycles. The summed E-state index contributed by atoms with van der Waals surface area (Å²) in [4.78, 5) is 14.5. The van der Waals surface area contributed by atoms with Gasteiger partial charge in [0, 0.05) is 25.1 Å². The average molecular weight is 295 g/mol. The van der Waals surface area contributed by atoms with Crippen LogP contribution in [0, 0.1) is 5.41 Å². The van der Waals surface area contributed by atoms with Crippen molar-refractivity contribution in [2.75, 3.05) is 20.1 Å². The van der Waals surface area contributed by atoms with Crippen LogP contribution in [0.4, 0.5) is 0 Å². The highest BCUT2D eigenvalue weighted by molar-refractivity contribution is 5.92. The number of carbonyl (C=O) groups is 1. The van der Waals surface area contributed by atoms with Crippen molar-refractivity contribution in [3.05, 3.63) is 17.5 Å². The van der Waals surface area contributed by atoms with Gasteiger partial charge in [0.25, 0.3) is 5.91 Å². The number of hydrogen-bond donors (Lipinski definition) is 1. The summed E-state index contributed by atoms with van der Waals surface area (Å²) in [6.07, 6.45) is 1.87. The Morgan fingerprint density at radius 1 is 1.48 bits per heavy atom. The molecule has 1 atom stereocenters. The molecule has 0 aliphatic heterocycles. The van der Waals surface area contributed by atoms with Crippen LogP contribution in [0.25, 0.3) is 0 Å². The normalized spacial score (nSPS) is 13.5. The minimum Gasteiger partial charge on any atom is -0.361 e. The van der Waals surface area contributed by atoms with Gasteiger partial charge in [-0.1, -0.05) is 32.9 Å². The van der Waals surface area contributed by atoms with Crippen molar-refractivity contribution in [3.63, 3.8) is 0 Å². The van der Waals surface area contributed by atoms with E-state index in [0.717, 1.165) is 31.7 Å². The van der Waals surface area contributed by atoms with Gasteiger partial charge in [-0.25, -0.2) is 0 Å². The van der Waals surface area contributed by atoms with Gasteiger partial charge in [-0.3, -0.25) is 4.79 Å². The third-order valence-electron chi connectivity index (χ3n) is 3.94. The number of hydrogen-bond acceptors (Lipinski definition) is 4. The van der Waals surface area contributed by atoms with E-state index in [9.17, 15) is 4.79 Å². The predicted octanol–water partition coefficient (Wildman–Crippen LogP) is 2.72. The Morgan fingerprint density at radius 3 is 2.67 bits per heavy atom. The zero-order chi connectivity index (χ0) is 16.0. The monoisotopic (exact) mass is 295 g/mol. The fourth-order valence-electron chi connectivity index (χ4n) is 2.35. The molecule has 5 nitrogen and oxygen atoms in total. The summed E-state index contributed by atoms with van der Waals surface area (Å²) < 4.78 is 5.08. The van der Waals surface area contributed by atoms with E-state index in [1.165, 1.54) is 0 Å². The van der Waals surface area contributed by atoms with Crippen LogP contribution < -0.4 is 5.32 Å². The van der Waals surface area contributed by atoms with Crippen molar-refractivity contribution >= 4 is 5.91 Å². The molecule has 1 aromatic rings. The van der Waals surface area contributed by atoms with Gasteiger partial charge in [0.15, 0.2) is 5.69 Å². The third-order valence-corrected chi connectivity index (χ3v) is 3.94. The second kappa shape index (κ2) is 7.59. The zero-order valence-corrected chi connectivity index (χ0v) is 14.2. The van der Waals surface area contributed by atoms with Crippen LogP contribution >= 0.6 is 0 Å². The second-order valence-corrected chi connectivity index (χ2v) is 6.45. The van der Waals surface area contributed by atoms with Gasteiger partial charge in [-0.05, 0) is 32.4 Å². The molecule has 0 saturated carbocycles. The Balaban J connectivity index is 2.61. The standard InChI is InChI=1S/C16H29N3O2/c1-7-9-19(6)11-16(4,5)12(3)17-15(20)14-10-13(8-2)21-18-14/h10,12H,7-9,11H2,1-6H3,(H,17,20). The predicted molar refractivity (Wildman–Crippen MR) is 84.4 cm³/mol. The first-order valence-corrected chi connectivity index (χ1v) is 7.75. The van der Waals surface area contributed by atoms with Gasteiger partial charge < -0.3 is 14.7 Å². The first kappa shape index (κ1) is 17.7. The van der Waals surface area contributed by atoms with Gasteiger partial charge in [0.1, 0.15) is 5.76 Å². The Kier molecular flexibility index (Phi) is 6.40. The van der Waals surface area contributed by atoms with E-state index in [0.29, 0.717) is 5.69 Å². The van der Waals surface area contributed by atoms with Gasteiger partial charge in [0.05, 0.1) is 0 Å². The van der Waals surface area contributed by atoms with E-state index < -0.39 is 0 Å². The maximum absolute atomic E-state index is 12.2. The molecule has 0 spiro atoms. The number of nitrogens with one attached hydrogen (secondary N) is 1. The first-order chi connectivity index (χ1) is 9.80. The number of aryl methyl sites for hydroxylation is 1. The Hall–Kier alpha value is -1.36. The summed E-state index contributed by atoms with van der Waals surface area (Å²) >= 11 is 0. The highest BCUT2D eigenvalue weighted by Gasteiger charge is 2.29. The van der Waals surface area contributed by atoms with Crippen molar-refractivity contribution in [3.8, 4) is 0 Å². The van der Waals surface area contributed by atoms with E-state index in [1.807, 2.05) is 13.8 Å². The molecule has 0 saturated heterocycles. The topological polar surface area (TPSA) is 58.4 Å². The molecular weight excluding hydrogens is 266 g/mol. The quantitative estimate of drug-likeness (QED) is 0.801. The molecular formula is C16H29N3O2. The number of rotatable bonds is 8. The summed E-state index contributed by atoms with van der Waals surface area (Å²) in [6.45, 7) is 12.5. The van der Waals surface area contributed by atoms with Gasteiger partial charge >= 0.3 is 0 Å². The Morgan fingerprint density at radius 2 is 2.14 bits per heavy atom. The summed E-state index contributed by atoms with van der Waals surface area (Å²) in [7, 11) is 2.12. The minimum atomic E-state index is -0.169. The largest absolute Gasteiger partial charge is 0.361 e. The first-order valence-electron chi connectivity index (χ1n) is 7.75. The number of carbonyl (C=O) groups excluding carboxylic acids is 1. The van der Waals surface area contributed by atoms with Crippen LogP contribution in [-0.2, 0) is 6.42 Å². The summed E-state index contributed by atoms with van der Waals surface area (Å²) in [5, 5.41) is 6.85. The van der Waals surface area contributed by atoms with E-state index in [4.69, 9.17) is 4.52 Å². The molecule has 1 unspecified atom stereocenters. The van der Waals surface area contributed by atoms with Crippen molar-refractivity contribution in [1.82, 2.24) is 15.4 Å². The SMILES string of the molecule is CCCN(C)CC(C)(C)C(C)NC(=O)c1cc(CC)on1. The number of aromatic nitrogens is 1. The molecule has 0 aliphatic carbocycles. The lowest BCUT2D eigenvalue weighted by Gasteiger charge is -2.35. The number of amides is 1. The van der Waals surface area contributed by atoms with Gasteiger partial charge in [-0.15, -0.1) is 0 Å². The van der Waals surface area contributed by atoms with Crippen LogP contribution in [0.2, 0.25) is 0 Å². The molecule has 0 fully saturated rings. The molecule has 1 N–H and O–H groups in total. The number of nitrogens with zero attached hydrogens (tertiary/aromatic N) is 2. The lowest BCUT2D eigenvalue weighted by molar-refractivity contribution is 0.0869. The summed E-state index contributed by atoms with van der Waals surface area (Å²) in [5.41, 5.74) is 0.341. The summed E-state index contributed by atoms with van der Waals surface area (Å²) in [6, 6.07) is 1.75. The molecule has 0 aliphatic rings. The lowest BCUT2D eigenvalue weighted by atomic mass is 9.84. The van der Waals surface area contributed by atoms with Gasteiger partial charge in [0.2, 0.25) is 0 Å².